The SMILES string of the molecule is C=C(C=O)C(F)(F)F.CN1C(=O)CC1OC(=O)C1CCCC1. The molecule has 8 heteroatoms. The Hall–Kier alpha value is -1.86. The van der Waals surface area contributed by atoms with Crippen molar-refractivity contribution in [2.75, 3.05) is 7.05 Å². The number of carbonyl (C=O) groups is 3. The molecule has 22 heavy (non-hydrogen) atoms. The third kappa shape index (κ3) is 4.85. The highest BCUT2D eigenvalue weighted by molar-refractivity contribution is 5.83. The van der Waals surface area contributed by atoms with Crippen LogP contribution in [0, 0.1) is 5.92 Å². The minimum absolute atomic E-state index is 0.0502. The van der Waals surface area contributed by atoms with E-state index in [0.717, 1.165) is 25.7 Å². The summed E-state index contributed by atoms with van der Waals surface area (Å²) in [4.78, 5) is 33.2. The molecule has 2 aliphatic rings. The van der Waals surface area contributed by atoms with Gasteiger partial charge in [-0.05, 0) is 12.8 Å². The van der Waals surface area contributed by atoms with Crippen molar-refractivity contribution in [2.24, 2.45) is 5.92 Å². The van der Waals surface area contributed by atoms with Gasteiger partial charge in [0.15, 0.2) is 12.5 Å². The van der Waals surface area contributed by atoms with Crippen molar-refractivity contribution in [2.45, 2.75) is 44.5 Å². The summed E-state index contributed by atoms with van der Waals surface area (Å²) in [5, 5.41) is 0. The van der Waals surface area contributed by atoms with Gasteiger partial charge >= 0.3 is 12.1 Å². The Labute approximate surface area is 126 Å². The van der Waals surface area contributed by atoms with Gasteiger partial charge in [-0.15, -0.1) is 0 Å². The van der Waals surface area contributed by atoms with Crippen LogP contribution >= 0.6 is 0 Å². The molecule has 0 bridgehead atoms. The summed E-state index contributed by atoms with van der Waals surface area (Å²) < 4.78 is 38.6. The minimum atomic E-state index is -4.55. The van der Waals surface area contributed by atoms with Crippen molar-refractivity contribution in [1.29, 1.82) is 0 Å². The Kier molecular flexibility index (Phi) is 6.13. The maximum absolute atomic E-state index is 11.5. The molecule has 0 spiro atoms. The van der Waals surface area contributed by atoms with Crippen LogP contribution in [0.15, 0.2) is 12.2 Å². The zero-order chi connectivity index (χ0) is 16.9. The number of hydrogen-bond donors (Lipinski definition) is 0. The number of esters is 1. The van der Waals surface area contributed by atoms with E-state index in [9.17, 15) is 27.6 Å². The van der Waals surface area contributed by atoms with Gasteiger partial charge < -0.3 is 9.64 Å². The first-order valence-corrected chi connectivity index (χ1v) is 6.84. The highest BCUT2D eigenvalue weighted by atomic mass is 19.4. The quantitative estimate of drug-likeness (QED) is 0.346. The second-order valence-corrected chi connectivity index (χ2v) is 5.22. The van der Waals surface area contributed by atoms with Crippen LogP contribution < -0.4 is 0 Å². The van der Waals surface area contributed by atoms with Gasteiger partial charge in [0.25, 0.3) is 0 Å². The molecule has 0 N–H and O–H groups in total. The van der Waals surface area contributed by atoms with Gasteiger partial charge in [0.05, 0.1) is 17.9 Å². The van der Waals surface area contributed by atoms with E-state index in [2.05, 4.69) is 6.58 Å². The van der Waals surface area contributed by atoms with Crippen molar-refractivity contribution in [1.82, 2.24) is 4.90 Å². The summed E-state index contributed by atoms with van der Waals surface area (Å²) >= 11 is 0. The molecule has 1 unspecified atom stereocenters. The van der Waals surface area contributed by atoms with E-state index in [-0.39, 0.29) is 30.3 Å². The number of hydrogen-bond acceptors (Lipinski definition) is 4. The lowest BCUT2D eigenvalue weighted by Gasteiger charge is -2.36. The molecule has 1 saturated carbocycles. The average molecular weight is 321 g/mol. The standard InChI is InChI=1S/C10H15NO3.C4H3F3O/c1-11-8(12)6-9(11)14-10(13)7-4-2-3-5-7;1-3(2-8)4(5,6)7/h7,9H,2-6H2,1H3;2H,1H2. The molecule has 1 aliphatic heterocycles. The molecule has 1 amide bonds. The van der Waals surface area contributed by atoms with Gasteiger partial charge in [-0.3, -0.25) is 14.4 Å². The molecule has 0 aromatic heterocycles. The summed E-state index contributed by atoms with van der Waals surface area (Å²) in [5.41, 5.74) is -1.35. The summed E-state index contributed by atoms with van der Waals surface area (Å²) in [5.74, 6) is 0.0140. The first-order valence-electron chi connectivity index (χ1n) is 6.84. The Morgan fingerprint density at radius 2 is 1.91 bits per heavy atom. The summed E-state index contributed by atoms with van der Waals surface area (Å²) in [6, 6.07) is 0. The van der Waals surface area contributed by atoms with Crippen LogP contribution in [-0.2, 0) is 19.1 Å². The summed E-state index contributed by atoms with van der Waals surface area (Å²) in [6.07, 6.45) is -0.669. The largest absolute Gasteiger partial charge is 0.441 e. The van der Waals surface area contributed by atoms with Crippen LogP contribution in [0.5, 0.6) is 0 Å². The number of aldehydes is 1. The number of amides is 1. The van der Waals surface area contributed by atoms with Gasteiger partial charge in [-0.1, -0.05) is 19.4 Å². The Morgan fingerprint density at radius 3 is 2.23 bits per heavy atom. The second kappa shape index (κ2) is 7.42. The molecule has 1 aliphatic carbocycles. The number of ether oxygens (including phenoxy) is 1. The molecule has 124 valence electrons. The number of alkyl halides is 3. The lowest BCUT2D eigenvalue weighted by atomic mass is 10.1. The van der Waals surface area contributed by atoms with Crippen LogP contribution in [0.4, 0.5) is 13.2 Å². The molecular formula is C14H18F3NO4. The van der Waals surface area contributed by atoms with Gasteiger partial charge in [-0.25, -0.2) is 0 Å². The van der Waals surface area contributed by atoms with Crippen LogP contribution in [0.1, 0.15) is 32.1 Å². The lowest BCUT2D eigenvalue weighted by molar-refractivity contribution is -0.183. The van der Waals surface area contributed by atoms with Gasteiger partial charge in [0, 0.05) is 7.05 Å². The number of likely N-dealkylation sites (tertiary alicyclic amines) is 1. The van der Waals surface area contributed by atoms with E-state index in [1.54, 1.807) is 7.05 Å². The molecule has 1 heterocycles. The van der Waals surface area contributed by atoms with Crippen LogP contribution in [0.2, 0.25) is 0 Å². The average Bonchev–Trinajstić information content (AvgIpc) is 2.99. The van der Waals surface area contributed by atoms with Crippen molar-refractivity contribution in [3.05, 3.63) is 12.2 Å². The molecule has 1 saturated heterocycles. The monoisotopic (exact) mass is 321 g/mol. The van der Waals surface area contributed by atoms with E-state index < -0.39 is 11.7 Å². The number of allylic oxidation sites excluding steroid dienone is 1. The Balaban J connectivity index is 0.000000261. The smallest absolute Gasteiger partial charge is 0.418 e. The van der Waals surface area contributed by atoms with Crippen molar-refractivity contribution < 1.29 is 32.3 Å². The number of nitrogens with zero attached hydrogens (tertiary/aromatic N) is 1. The molecular weight excluding hydrogens is 303 g/mol. The highest BCUT2D eigenvalue weighted by Crippen LogP contribution is 2.28. The maximum Gasteiger partial charge on any atom is 0.418 e. The zero-order valence-corrected chi connectivity index (χ0v) is 12.2. The molecule has 5 nitrogen and oxygen atoms in total. The van der Waals surface area contributed by atoms with E-state index >= 15 is 0 Å². The maximum atomic E-state index is 11.5. The molecule has 1 atom stereocenters. The molecule has 0 radical (unpaired) electrons. The topological polar surface area (TPSA) is 63.7 Å². The van der Waals surface area contributed by atoms with E-state index in [4.69, 9.17) is 4.74 Å². The van der Waals surface area contributed by atoms with E-state index in [0.29, 0.717) is 6.42 Å². The van der Waals surface area contributed by atoms with Crippen molar-refractivity contribution >= 4 is 18.2 Å². The lowest BCUT2D eigenvalue weighted by Crippen LogP contribution is -2.52. The number of β-lactam (4-membered cyclic amide) rings is 1. The van der Waals surface area contributed by atoms with Gasteiger partial charge in [-0.2, -0.15) is 13.2 Å². The minimum Gasteiger partial charge on any atom is -0.441 e. The number of rotatable bonds is 3. The predicted molar refractivity (Wildman–Crippen MR) is 70.5 cm³/mol. The highest BCUT2D eigenvalue weighted by Gasteiger charge is 2.37. The van der Waals surface area contributed by atoms with E-state index in [1.807, 2.05) is 0 Å². The van der Waals surface area contributed by atoms with Crippen molar-refractivity contribution in [3.8, 4) is 0 Å². The third-order valence-corrected chi connectivity index (χ3v) is 3.62. The zero-order valence-electron chi connectivity index (χ0n) is 12.2. The number of carbonyl (C=O) groups excluding carboxylic acids is 3. The van der Waals surface area contributed by atoms with Crippen LogP contribution in [0.25, 0.3) is 0 Å². The molecule has 2 rings (SSSR count). The molecule has 0 aromatic carbocycles. The fourth-order valence-electron chi connectivity index (χ4n) is 2.06. The molecule has 0 aromatic rings. The Morgan fingerprint density at radius 1 is 1.36 bits per heavy atom. The second-order valence-electron chi connectivity index (χ2n) is 5.22. The number of halogens is 3. The first-order chi connectivity index (χ1) is 10.2. The first kappa shape index (κ1) is 18.2. The molecule has 2 fully saturated rings. The van der Waals surface area contributed by atoms with Crippen molar-refractivity contribution in [3.63, 3.8) is 0 Å². The van der Waals surface area contributed by atoms with E-state index in [1.165, 1.54) is 4.90 Å². The Bertz CT molecular complexity index is 455. The van der Waals surface area contributed by atoms with Crippen LogP contribution in [-0.4, -0.2) is 42.5 Å². The fourth-order valence-corrected chi connectivity index (χ4v) is 2.06. The van der Waals surface area contributed by atoms with Crippen LogP contribution in [0.3, 0.4) is 0 Å². The summed E-state index contributed by atoms with van der Waals surface area (Å²) in [6.45, 7) is 2.45. The normalized spacial score (nSPS) is 21.5. The predicted octanol–water partition coefficient (Wildman–Crippen LogP) is 2.21. The third-order valence-electron chi connectivity index (χ3n) is 3.62. The van der Waals surface area contributed by atoms with Gasteiger partial charge in [0.2, 0.25) is 5.91 Å². The summed E-state index contributed by atoms with van der Waals surface area (Å²) in [7, 11) is 1.67. The fraction of sp³-hybridized carbons (Fsp3) is 0.643. The van der Waals surface area contributed by atoms with Gasteiger partial charge in [0.1, 0.15) is 0 Å².